The normalized spacial score (nSPS) is 11.2. The largest absolute Gasteiger partial charge is 0.324 e. The number of carbonyl (C=O) groups is 1. The van der Waals surface area contributed by atoms with Crippen LogP contribution >= 0.6 is 34.4 Å². The van der Waals surface area contributed by atoms with Crippen LogP contribution in [0.25, 0.3) is 0 Å². The zero-order valence-corrected chi connectivity index (χ0v) is 12.7. The minimum absolute atomic E-state index is 0.0593. The van der Waals surface area contributed by atoms with Crippen LogP contribution in [0.5, 0.6) is 0 Å². The number of halogens is 1. The van der Waals surface area contributed by atoms with E-state index in [1.54, 1.807) is 11.8 Å². The van der Waals surface area contributed by atoms with Gasteiger partial charge in [0.25, 0.3) is 0 Å². The molecule has 0 aliphatic rings. The maximum Gasteiger partial charge on any atom is 0.234 e. The summed E-state index contributed by atoms with van der Waals surface area (Å²) in [6.07, 6.45) is 0. The summed E-state index contributed by atoms with van der Waals surface area (Å²) in [6.45, 7) is 6.33. The number of thioether (sulfide) groups is 1. The molecule has 0 atom stereocenters. The van der Waals surface area contributed by atoms with Crippen molar-refractivity contribution < 1.29 is 4.79 Å². The Balaban J connectivity index is 2.50. The number of amides is 1. The van der Waals surface area contributed by atoms with Crippen molar-refractivity contribution in [2.24, 2.45) is 0 Å². The third-order valence-corrected chi connectivity index (χ3v) is 4.00. The highest BCUT2D eigenvalue weighted by molar-refractivity contribution is 14.1. The van der Waals surface area contributed by atoms with Gasteiger partial charge in [0.2, 0.25) is 5.91 Å². The fraction of sp³-hybridized carbons (Fsp3) is 0.417. The van der Waals surface area contributed by atoms with Crippen molar-refractivity contribution in [1.82, 2.24) is 0 Å². The number of hydrogen-bond donors (Lipinski definition) is 1. The average Bonchev–Trinajstić information content (AvgIpc) is 2.18. The molecule has 0 saturated carbocycles. The predicted octanol–water partition coefficient (Wildman–Crippen LogP) is 3.76. The van der Waals surface area contributed by atoms with Gasteiger partial charge in [-0.3, -0.25) is 4.79 Å². The molecule has 1 N–H and O–H groups in total. The van der Waals surface area contributed by atoms with Crippen molar-refractivity contribution in [3.63, 3.8) is 0 Å². The highest BCUT2D eigenvalue weighted by Gasteiger charge is 2.13. The lowest BCUT2D eigenvalue weighted by molar-refractivity contribution is -0.113. The molecule has 0 bridgehead atoms. The summed E-state index contributed by atoms with van der Waals surface area (Å²) >= 11 is 3.87. The molecule has 0 fully saturated rings. The number of para-hydroxylation sites is 1. The minimum Gasteiger partial charge on any atom is -0.324 e. The lowest BCUT2D eigenvalue weighted by Crippen LogP contribution is -2.19. The molecule has 0 aromatic heterocycles. The summed E-state index contributed by atoms with van der Waals surface area (Å²) in [5.74, 6) is 0.554. The Labute approximate surface area is 115 Å². The Morgan fingerprint density at radius 1 is 1.38 bits per heavy atom. The van der Waals surface area contributed by atoms with E-state index in [-0.39, 0.29) is 10.7 Å². The number of nitrogens with one attached hydrogen (secondary N) is 1. The monoisotopic (exact) mass is 349 g/mol. The number of benzene rings is 1. The molecule has 2 nitrogen and oxygen atoms in total. The molecule has 4 heteroatoms. The van der Waals surface area contributed by atoms with Gasteiger partial charge in [-0.2, -0.15) is 0 Å². The van der Waals surface area contributed by atoms with Gasteiger partial charge in [-0.1, -0.05) is 32.9 Å². The Kier molecular flexibility index (Phi) is 5.11. The molecule has 88 valence electrons. The van der Waals surface area contributed by atoms with E-state index < -0.39 is 0 Å². The van der Waals surface area contributed by atoms with Gasteiger partial charge >= 0.3 is 0 Å². The maximum absolute atomic E-state index is 11.7. The summed E-state index contributed by atoms with van der Waals surface area (Å²) in [4.78, 5) is 11.7. The van der Waals surface area contributed by atoms with Crippen LogP contribution in [0.15, 0.2) is 24.3 Å². The highest BCUT2D eigenvalue weighted by Crippen LogP contribution is 2.23. The Bertz CT molecular complexity index is 374. The number of anilines is 1. The smallest absolute Gasteiger partial charge is 0.234 e. The molecule has 0 heterocycles. The van der Waals surface area contributed by atoms with E-state index in [2.05, 4.69) is 48.7 Å². The van der Waals surface area contributed by atoms with Gasteiger partial charge in [0.1, 0.15) is 0 Å². The first-order valence-corrected chi connectivity index (χ1v) is 7.13. The molecule has 1 amide bonds. The molecule has 0 aliphatic heterocycles. The summed E-state index contributed by atoms with van der Waals surface area (Å²) in [6, 6.07) is 7.78. The maximum atomic E-state index is 11.7. The molecule has 1 aromatic carbocycles. The molecule has 0 spiro atoms. The highest BCUT2D eigenvalue weighted by atomic mass is 127. The molecule has 0 saturated heterocycles. The van der Waals surface area contributed by atoms with Gasteiger partial charge in [-0.25, -0.2) is 0 Å². The van der Waals surface area contributed by atoms with Gasteiger partial charge in [-0.05, 0) is 34.7 Å². The molecule has 0 aliphatic carbocycles. The zero-order chi connectivity index (χ0) is 12.2. The van der Waals surface area contributed by atoms with Crippen LogP contribution in [-0.4, -0.2) is 16.4 Å². The molecule has 1 rings (SSSR count). The van der Waals surface area contributed by atoms with E-state index in [9.17, 15) is 4.79 Å². The summed E-state index contributed by atoms with van der Waals surface area (Å²) < 4.78 is 1.19. The van der Waals surface area contributed by atoms with Crippen molar-refractivity contribution in [3.8, 4) is 0 Å². The lowest BCUT2D eigenvalue weighted by Gasteiger charge is -2.17. The summed E-state index contributed by atoms with van der Waals surface area (Å²) in [5, 5.41) is 2.92. The lowest BCUT2D eigenvalue weighted by atomic mass is 10.3. The van der Waals surface area contributed by atoms with Crippen LogP contribution in [0.1, 0.15) is 20.8 Å². The number of hydrogen-bond acceptors (Lipinski definition) is 2. The Morgan fingerprint density at radius 3 is 2.56 bits per heavy atom. The third-order valence-electron chi connectivity index (χ3n) is 1.78. The van der Waals surface area contributed by atoms with Gasteiger partial charge in [0.15, 0.2) is 0 Å². The van der Waals surface area contributed by atoms with Crippen LogP contribution < -0.4 is 5.32 Å². The molecular weight excluding hydrogens is 333 g/mol. The fourth-order valence-corrected chi connectivity index (χ4v) is 2.19. The first-order chi connectivity index (χ1) is 7.38. The standard InChI is InChI=1S/C12H16INOS/c1-12(2,3)16-8-11(15)14-10-7-5-4-6-9(10)13/h4-7H,8H2,1-3H3,(H,14,15). The molecular formula is C12H16INOS. The molecule has 16 heavy (non-hydrogen) atoms. The van der Waals surface area contributed by atoms with Crippen molar-refractivity contribution in [2.45, 2.75) is 25.5 Å². The van der Waals surface area contributed by atoms with Crippen LogP contribution in [0.4, 0.5) is 5.69 Å². The zero-order valence-electron chi connectivity index (χ0n) is 9.71. The van der Waals surface area contributed by atoms with Gasteiger partial charge < -0.3 is 5.32 Å². The van der Waals surface area contributed by atoms with E-state index in [0.29, 0.717) is 5.75 Å². The van der Waals surface area contributed by atoms with Gasteiger partial charge in [0, 0.05) is 8.32 Å². The van der Waals surface area contributed by atoms with Gasteiger partial charge in [0.05, 0.1) is 11.4 Å². The van der Waals surface area contributed by atoms with Crippen molar-refractivity contribution >= 4 is 45.9 Å². The second-order valence-electron chi connectivity index (χ2n) is 4.43. The van der Waals surface area contributed by atoms with Crippen LogP contribution in [0.2, 0.25) is 0 Å². The molecule has 0 unspecified atom stereocenters. The van der Waals surface area contributed by atoms with Crippen LogP contribution in [0.3, 0.4) is 0 Å². The first kappa shape index (κ1) is 13.8. The first-order valence-electron chi connectivity index (χ1n) is 5.07. The minimum atomic E-state index is 0.0593. The van der Waals surface area contributed by atoms with Crippen molar-refractivity contribution in [1.29, 1.82) is 0 Å². The summed E-state index contributed by atoms with van der Waals surface area (Å²) in [7, 11) is 0. The van der Waals surface area contributed by atoms with Gasteiger partial charge in [-0.15, -0.1) is 11.8 Å². The van der Waals surface area contributed by atoms with E-state index in [1.807, 2.05) is 24.3 Å². The molecule has 1 aromatic rings. The molecule has 0 radical (unpaired) electrons. The second-order valence-corrected chi connectivity index (χ2v) is 7.39. The Hall–Kier alpha value is -0.230. The SMILES string of the molecule is CC(C)(C)SCC(=O)Nc1ccccc1I. The summed E-state index contributed by atoms with van der Waals surface area (Å²) in [5.41, 5.74) is 0.891. The topological polar surface area (TPSA) is 29.1 Å². The van der Waals surface area contributed by atoms with E-state index in [1.165, 1.54) is 0 Å². The van der Waals surface area contributed by atoms with Crippen molar-refractivity contribution in [3.05, 3.63) is 27.8 Å². The second kappa shape index (κ2) is 5.91. The number of rotatable bonds is 3. The quantitative estimate of drug-likeness (QED) is 0.842. The Morgan fingerprint density at radius 2 is 2.00 bits per heavy atom. The van der Waals surface area contributed by atoms with E-state index in [0.717, 1.165) is 9.26 Å². The average molecular weight is 349 g/mol. The van der Waals surface area contributed by atoms with Crippen molar-refractivity contribution in [2.75, 3.05) is 11.1 Å². The third kappa shape index (κ3) is 5.21. The van der Waals surface area contributed by atoms with Crippen LogP contribution in [-0.2, 0) is 4.79 Å². The van der Waals surface area contributed by atoms with E-state index >= 15 is 0 Å². The van der Waals surface area contributed by atoms with Crippen LogP contribution in [0, 0.1) is 3.57 Å². The number of carbonyl (C=O) groups excluding carboxylic acids is 1. The van der Waals surface area contributed by atoms with E-state index in [4.69, 9.17) is 0 Å². The predicted molar refractivity (Wildman–Crippen MR) is 80.0 cm³/mol. The fourth-order valence-electron chi connectivity index (χ4n) is 1.03.